The fourth-order valence-electron chi connectivity index (χ4n) is 2.06. The van der Waals surface area contributed by atoms with Crippen LogP contribution < -0.4 is 15.2 Å². The molecule has 1 aromatic heterocycles. The number of nitrogens with zero attached hydrogens (tertiary/aromatic N) is 1. The van der Waals surface area contributed by atoms with Crippen molar-refractivity contribution in [2.45, 2.75) is 26.5 Å². The first-order valence-corrected chi connectivity index (χ1v) is 6.69. The average molecular weight is 290 g/mol. The third-order valence-corrected chi connectivity index (χ3v) is 3.06. The molecule has 0 aliphatic rings. The Morgan fingerprint density at radius 2 is 2.05 bits per heavy atom. The van der Waals surface area contributed by atoms with Crippen molar-refractivity contribution in [1.82, 2.24) is 4.98 Å². The molecule has 0 radical (unpaired) electrons. The molecule has 2 rings (SSSR count). The largest absolute Gasteiger partial charge is 0.497 e. The van der Waals surface area contributed by atoms with E-state index in [1.165, 1.54) is 12.1 Å². The maximum Gasteiger partial charge on any atom is 0.130 e. The van der Waals surface area contributed by atoms with Crippen molar-refractivity contribution in [2.75, 3.05) is 7.11 Å². The van der Waals surface area contributed by atoms with Crippen LogP contribution in [0.2, 0.25) is 0 Å². The Morgan fingerprint density at radius 1 is 1.29 bits per heavy atom. The first kappa shape index (κ1) is 15.3. The molecule has 4 nitrogen and oxygen atoms in total. The Kier molecular flexibility index (Phi) is 4.75. The number of halogens is 1. The second kappa shape index (κ2) is 6.54. The summed E-state index contributed by atoms with van der Waals surface area (Å²) in [5.74, 6) is 0.796. The standard InChI is InChI=1S/C16H19FN2O2/c1-10-6-14(20-3)8-13(19-10)9-21-16-7-12(17)4-5-15(16)11(2)18/h4-8,11H,9,18H2,1-3H3/t11-/m1/s1. The number of aryl methyl sites for hydroxylation is 1. The van der Waals surface area contributed by atoms with Gasteiger partial charge in [0, 0.05) is 35.5 Å². The van der Waals surface area contributed by atoms with Crippen molar-refractivity contribution in [3.8, 4) is 11.5 Å². The van der Waals surface area contributed by atoms with Crippen LogP contribution in [0.4, 0.5) is 4.39 Å². The van der Waals surface area contributed by atoms with E-state index < -0.39 is 0 Å². The molecule has 0 amide bonds. The monoisotopic (exact) mass is 290 g/mol. The quantitative estimate of drug-likeness (QED) is 0.919. The van der Waals surface area contributed by atoms with E-state index in [4.69, 9.17) is 15.2 Å². The maximum atomic E-state index is 13.4. The fourth-order valence-corrected chi connectivity index (χ4v) is 2.06. The first-order chi connectivity index (χ1) is 9.99. The molecule has 0 saturated heterocycles. The van der Waals surface area contributed by atoms with E-state index in [2.05, 4.69) is 4.98 Å². The van der Waals surface area contributed by atoms with Crippen LogP contribution in [-0.2, 0) is 6.61 Å². The van der Waals surface area contributed by atoms with Crippen molar-refractivity contribution >= 4 is 0 Å². The van der Waals surface area contributed by atoms with Gasteiger partial charge in [-0.15, -0.1) is 0 Å². The zero-order valence-electron chi connectivity index (χ0n) is 12.4. The van der Waals surface area contributed by atoms with Gasteiger partial charge in [0.25, 0.3) is 0 Å². The lowest BCUT2D eigenvalue weighted by Crippen LogP contribution is -2.09. The average Bonchev–Trinajstić information content (AvgIpc) is 2.44. The zero-order chi connectivity index (χ0) is 15.4. The molecule has 1 heterocycles. The minimum atomic E-state index is -0.357. The van der Waals surface area contributed by atoms with Gasteiger partial charge in [0.1, 0.15) is 23.9 Å². The van der Waals surface area contributed by atoms with Gasteiger partial charge >= 0.3 is 0 Å². The van der Waals surface area contributed by atoms with E-state index in [1.54, 1.807) is 19.2 Å². The Labute approximate surface area is 123 Å². The van der Waals surface area contributed by atoms with Crippen molar-refractivity contribution in [1.29, 1.82) is 0 Å². The molecule has 1 atom stereocenters. The molecule has 2 aromatic rings. The van der Waals surface area contributed by atoms with Gasteiger partial charge in [0.2, 0.25) is 0 Å². The smallest absolute Gasteiger partial charge is 0.130 e. The highest BCUT2D eigenvalue weighted by molar-refractivity contribution is 5.36. The van der Waals surface area contributed by atoms with Crippen LogP contribution in [0.3, 0.4) is 0 Å². The van der Waals surface area contributed by atoms with Crippen molar-refractivity contribution in [2.24, 2.45) is 5.73 Å². The van der Waals surface area contributed by atoms with Crippen molar-refractivity contribution in [3.63, 3.8) is 0 Å². The van der Waals surface area contributed by atoms with Crippen LogP contribution in [0.5, 0.6) is 11.5 Å². The van der Waals surface area contributed by atoms with Gasteiger partial charge in [-0.05, 0) is 19.9 Å². The molecular formula is C16H19FN2O2. The summed E-state index contributed by atoms with van der Waals surface area (Å²) in [7, 11) is 1.60. The molecule has 0 bridgehead atoms. The SMILES string of the molecule is COc1cc(C)nc(COc2cc(F)ccc2[C@@H](C)N)c1. The summed E-state index contributed by atoms with van der Waals surface area (Å²) in [6.07, 6.45) is 0. The number of rotatable bonds is 5. The van der Waals surface area contributed by atoms with Crippen LogP contribution in [0.1, 0.15) is 29.9 Å². The van der Waals surface area contributed by atoms with Crippen LogP contribution in [-0.4, -0.2) is 12.1 Å². The summed E-state index contributed by atoms with van der Waals surface area (Å²) in [5, 5.41) is 0. The maximum absolute atomic E-state index is 13.4. The van der Waals surface area contributed by atoms with Crippen LogP contribution in [0.25, 0.3) is 0 Å². The third kappa shape index (κ3) is 3.92. The zero-order valence-corrected chi connectivity index (χ0v) is 12.4. The Hall–Kier alpha value is -2.14. The lowest BCUT2D eigenvalue weighted by Gasteiger charge is -2.14. The van der Waals surface area contributed by atoms with Gasteiger partial charge in [-0.25, -0.2) is 4.39 Å². The minimum Gasteiger partial charge on any atom is -0.497 e. The lowest BCUT2D eigenvalue weighted by molar-refractivity contribution is 0.293. The molecule has 0 aliphatic heterocycles. The van der Waals surface area contributed by atoms with E-state index >= 15 is 0 Å². The van der Waals surface area contributed by atoms with Gasteiger partial charge < -0.3 is 15.2 Å². The Morgan fingerprint density at radius 3 is 2.71 bits per heavy atom. The molecule has 21 heavy (non-hydrogen) atoms. The van der Waals surface area contributed by atoms with Crippen LogP contribution >= 0.6 is 0 Å². The molecule has 1 aromatic carbocycles. The van der Waals surface area contributed by atoms with Gasteiger partial charge in [0.05, 0.1) is 12.8 Å². The topological polar surface area (TPSA) is 57.4 Å². The number of pyridine rings is 1. The molecule has 0 saturated carbocycles. The Bertz CT molecular complexity index is 630. The molecule has 112 valence electrons. The predicted octanol–water partition coefficient (Wildman–Crippen LogP) is 3.14. The normalized spacial score (nSPS) is 12.0. The molecule has 2 N–H and O–H groups in total. The van der Waals surface area contributed by atoms with E-state index in [0.29, 0.717) is 17.2 Å². The number of hydrogen-bond acceptors (Lipinski definition) is 4. The molecule has 5 heteroatoms. The number of aromatic nitrogens is 1. The summed E-state index contributed by atoms with van der Waals surface area (Å²) in [6, 6.07) is 7.74. The lowest BCUT2D eigenvalue weighted by atomic mass is 10.1. The van der Waals surface area contributed by atoms with E-state index in [-0.39, 0.29) is 18.5 Å². The summed E-state index contributed by atoms with van der Waals surface area (Å²) in [5.41, 5.74) is 8.17. The van der Waals surface area contributed by atoms with E-state index in [1.807, 2.05) is 19.9 Å². The first-order valence-electron chi connectivity index (χ1n) is 6.69. The molecule has 0 spiro atoms. The van der Waals surface area contributed by atoms with Gasteiger partial charge in [-0.3, -0.25) is 4.98 Å². The Balaban J connectivity index is 2.20. The highest BCUT2D eigenvalue weighted by Crippen LogP contribution is 2.26. The summed E-state index contributed by atoms with van der Waals surface area (Å²) in [4.78, 5) is 4.36. The second-order valence-electron chi connectivity index (χ2n) is 4.90. The number of ether oxygens (including phenoxy) is 2. The van der Waals surface area contributed by atoms with Crippen LogP contribution in [0, 0.1) is 12.7 Å². The predicted molar refractivity (Wildman–Crippen MR) is 78.9 cm³/mol. The van der Waals surface area contributed by atoms with Crippen LogP contribution in [0.15, 0.2) is 30.3 Å². The number of nitrogens with two attached hydrogens (primary N) is 1. The summed E-state index contributed by atoms with van der Waals surface area (Å²) in [6.45, 7) is 3.93. The molecule has 0 fully saturated rings. The molecular weight excluding hydrogens is 271 g/mol. The number of methoxy groups -OCH3 is 1. The third-order valence-electron chi connectivity index (χ3n) is 3.06. The number of benzene rings is 1. The van der Waals surface area contributed by atoms with Gasteiger partial charge in [0.15, 0.2) is 0 Å². The van der Waals surface area contributed by atoms with Crippen molar-refractivity contribution in [3.05, 3.63) is 53.1 Å². The van der Waals surface area contributed by atoms with Gasteiger partial charge in [-0.2, -0.15) is 0 Å². The molecule has 0 unspecified atom stereocenters. The number of hydrogen-bond donors (Lipinski definition) is 1. The van der Waals surface area contributed by atoms with Gasteiger partial charge in [-0.1, -0.05) is 6.07 Å². The summed E-state index contributed by atoms with van der Waals surface area (Å²) < 4.78 is 24.2. The highest BCUT2D eigenvalue weighted by Gasteiger charge is 2.10. The molecule has 0 aliphatic carbocycles. The minimum absolute atomic E-state index is 0.223. The van der Waals surface area contributed by atoms with E-state index in [0.717, 1.165) is 11.3 Å². The summed E-state index contributed by atoms with van der Waals surface area (Å²) >= 11 is 0. The second-order valence-corrected chi connectivity index (χ2v) is 4.90. The van der Waals surface area contributed by atoms with Crippen molar-refractivity contribution < 1.29 is 13.9 Å². The van der Waals surface area contributed by atoms with E-state index in [9.17, 15) is 4.39 Å². The highest BCUT2D eigenvalue weighted by atomic mass is 19.1. The fraction of sp³-hybridized carbons (Fsp3) is 0.312.